The number of ketones is 1. The van der Waals surface area contributed by atoms with Crippen molar-refractivity contribution >= 4 is 21.7 Å². The molecule has 1 aliphatic heterocycles. The maximum atomic E-state index is 12.9. The molecule has 1 heterocycles. The molecule has 1 aliphatic carbocycles. The Kier molecular flexibility index (Phi) is 7.46. The van der Waals surface area contributed by atoms with E-state index in [9.17, 15) is 18.0 Å². The van der Waals surface area contributed by atoms with Crippen molar-refractivity contribution in [3.05, 3.63) is 29.8 Å². The fraction of sp³-hybridized carbons (Fsp3) is 0.636. The lowest BCUT2D eigenvalue weighted by Crippen LogP contribution is -2.45. The summed E-state index contributed by atoms with van der Waals surface area (Å²) < 4.78 is 27.2. The Bertz CT molecular complexity index is 804. The summed E-state index contributed by atoms with van der Waals surface area (Å²) in [6.07, 6.45) is 9.32. The van der Waals surface area contributed by atoms with Crippen LogP contribution < -0.4 is 5.32 Å². The van der Waals surface area contributed by atoms with Crippen LogP contribution in [0.2, 0.25) is 0 Å². The lowest BCUT2D eigenvalue weighted by atomic mass is 9.94. The normalized spacial score (nSPS) is 20.6. The highest BCUT2D eigenvalue weighted by Crippen LogP contribution is 2.25. The summed E-state index contributed by atoms with van der Waals surface area (Å²) in [5, 5.41) is 3.22. The van der Waals surface area contributed by atoms with E-state index < -0.39 is 10.0 Å². The van der Waals surface area contributed by atoms with Crippen LogP contribution in [0.4, 0.5) is 0 Å². The van der Waals surface area contributed by atoms with E-state index >= 15 is 0 Å². The molecule has 1 aromatic rings. The fourth-order valence-corrected chi connectivity index (χ4v) is 5.76. The Morgan fingerprint density at radius 1 is 0.897 bits per heavy atom. The molecule has 0 aromatic heterocycles. The molecular weight excluding hydrogens is 388 g/mol. The number of carbonyl (C=O) groups excluding carboxylic acids is 2. The number of benzene rings is 1. The number of nitrogens with one attached hydrogen (secondary N) is 1. The molecule has 0 spiro atoms. The summed E-state index contributed by atoms with van der Waals surface area (Å²) in [5.41, 5.74) is 0.494. The minimum atomic E-state index is -3.60. The Morgan fingerprint density at radius 2 is 1.45 bits per heavy atom. The highest BCUT2D eigenvalue weighted by molar-refractivity contribution is 7.89. The van der Waals surface area contributed by atoms with Crippen LogP contribution in [0.1, 0.15) is 75.1 Å². The van der Waals surface area contributed by atoms with Crippen molar-refractivity contribution in [1.82, 2.24) is 9.62 Å². The number of hydrogen-bond donors (Lipinski definition) is 1. The van der Waals surface area contributed by atoms with Gasteiger partial charge in [0.05, 0.1) is 4.90 Å². The number of carbonyl (C=O) groups is 2. The molecule has 0 atom stereocenters. The SMILES string of the molecule is CC(=O)c1ccc(S(=O)(=O)N2CCC(C(=O)NC3CCCCCCC3)CC2)cc1. The first-order valence-electron chi connectivity index (χ1n) is 10.8. The van der Waals surface area contributed by atoms with Crippen molar-refractivity contribution in [2.75, 3.05) is 13.1 Å². The van der Waals surface area contributed by atoms with Crippen molar-refractivity contribution < 1.29 is 18.0 Å². The van der Waals surface area contributed by atoms with Gasteiger partial charge in [0, 0.05) is 30.6 Å². The standard InChI is InChI=1S/C22H32N2O4S/c1-17(25)18-9-11-21(12-10-18)29(27,28)24-15-13-19(14-16-24)22(26)23-20-7-5-3-2-4-6-8-20/h9-12,19-20H,2-8,13-16H2,1H3,(H,23,26). The smallest absolute Gasteiger partial charge is 0.243 e. The largest absolute Gasteiger partial charge is 0.353 e. The van der Waals surface area contributed by atoms with Crippen LogP contribution in [-0.4, -0.2) is 43.5 Å². The maximum Gasteiger partial charge on any atom is 0.243 e. The van der Waals surface area contributed by atoms with E-state index in [-0.39, 0.29) is 28.5 Å². The predicted molar refractivity (Wildman–Crippen MR) is 112 cm³/mol. The zero-order valence-corrected chi connectivity index (χ0v) is 18.0. The molecule has 2 fully saturated rings. The zero-order valence-electron chi connectivity index (χ0n) is 17.2. The number of Topliss-reactive ketones (excluding diaryl/α,β-unsaturated/α-hetero) is 1. The lowest BCUT2D eigenvalue weighted by Gasteiger charge is -2.31. The molecule has 0 bridgehead atoms. The minimum absolute atomic E-state index is 0.0819. The molecule has 2 aliphatic rings. The quantitative estimate of drug-likeness (QED) is 0.739. The van der Waals surface area contributed by atoms with Gasteiger partial charge in [0.2, 0.25) is 15.9 Å². The Labute approximate surface area is 174 Å². The topological polar surface area (TPSA) is 83.6 Å². The molecule has 160 valence electrons. The molecule has 6 nitrogen and oxygen atoms in total. The molecular formula is C22H32N2O4S. The highest BCUT2D eigenvalue weighted by Gasteiger charge is 2.32. The minimum Gasteiger partial charge on any atom is -0.353 e. The summed E-state index contributed by atoms with van der Waals surface area (Å²) >= 11 is 0. The molecule has 1 N–H and O–H groups in total. The average molecular weight is 421 g/mol. The second kappa shape index (κ2) is 9.85. The van der Waals surface area contributed by atoms with Gasteiger partial charge in [-0.2, -0.15) is 4.31 Å². The first-order chi connectivity index (χ1) is 13.9. The van der Waals surface area contributed by atoms with Gasteiger partial charge in [0.1, 0.15) is 0 Å². The second-order valence-corrected chi connectivity index (χ2v) is 10.2. The monoisotopic (exact) mass is 420 g/mol. The number of hydrogen-bond acceptors (Lipinski definition) is 4. The van der Waals surface area contributed by atoms with E-state index in [1.54, 1.807) is 12.1 Å². The van der Waals surface area contributed by atoms with E-state index in [4.69, 9.17) is 0 Å². The van der Waals surface area contributed by atoms with Gasteiger partial charge in [-0.1, -0.05) is 44.2 Å². The summed E-state index contributed by atoms with van der Waals surface area (Å²) in [6, 6.07) is 6.33. The number of nitrogens with zero attached hydrogens (tertiary/aromatic N) is 1. The van der Waals surface area contributed by atoms with Gasteiger partial charge in [0.25, 0.3) is 0 Å². The molecule has 1 amide bonds. The van der Waals surface area contributed by atoms with Gasteiger partial charge in [-0.25, -0.2) is 8.42 Å². The van der Waals surface area contributed by atoms with Gasteiger partial charge < -0.3 is 5.32 Å². The number of rotatable bonds is 5. The summed E-state index contributed by atoms with van der Waals surface area (Å²) in [7, 11) is -3.60. The number of piperidine rings is 1. The molecule has 3 rings (SSSR count). The Balaban J connectivity index is 1.54. The molecule has 1 aromatic carbocycles. The highest BCUT2D eigenvalue weighted by atomic mass is 32.2. The van der Waals surface area contributed by atoms with Crippen molar-refractivity contribution in [1.29, 1.82) is 0 Å². The van der Waals surface area contributed by atoms with E-state index in [1.807, 2.05) is 0 Å². The summed E-state index contributed by atoms with van der Waals surface area (Å²) in [6.45, 7) is 2.15. The molecule has 29 heavy (non-hydrogen) atoms. The number of sulfonamides is 1. The molecule has 1 saturated carbocycles. The van der Waals surface area contributed by atoms with Crippen molar-refractivity contribution in [2.45, 2.75) is 75.6 Å². The third-order valence-electron chi connectivity index (χ3n) is 6.17. The molecule has 0 radical (unpaired) electrons. The van der Waals surface area contributed by atoms with Crippen LogP contribution in [0, 0.1) is 5.92 Å². The van der Waals surface area contributed by atoms with Crippen LogP contribution >= 0.6 is 0 Å². The zero-order chi connectivity index (χ0) is 20.9. The van der Waals surface area contributed by atoms with Gasteiger partial charge >= 0.3 is 0 Å². The summed E-state index contributed by atoms with van der Waals surface area (Å²) in [5.74, 6) is -0.129. The average Bonchev–Trinajstić information content (AvgIpc) is 2.70. The van der Waals surface area contributed by atoms with Crippen molar-refractivity contribution in [2.24, 2.45) is 5.92 Å². The van der Waals surface area contributed by atoms with E-state index in [0.29, 0.717) is 31.5 Å². The third kappa shape index (κ3) is 5.66. The van der Waals surface area contributed by atoms with Crippen LogP contribution in [0.5, 0.6) is 0 Å². The van der Waals surface area contributed by atoms with Crippen LogP contribution in [0.25, 0.3) is 0 Å². The van der Waals surface area contributed by atoms with Crippen LogP contribution in [-0.2, 0) is 14.8 Å². The van der Waals surface area contributed by atoms with Crippen molar-refractivity contribution in [3.63, 3.8) is 0 Å². The third-order valence-corrected chi connectivity index (χ3v) is 8.09. The van der Waals surface area contributed by atoms with E-state index in [1.165, 1.54) is 55.5 Å². The maximum absolute atomic E-state index is 12.9. The van der Waals surface area contributed by atoms with Gasteiger partial charge in [-0.3, -0.25) is 9.59 Å². The molecule has 0 unspecified atom stereocenters. The first kappa shape index (κ1) is 22.0. The lowest BCUT2D eigenvalue weighted by molar-refractivity contribution is -0.127. The Morgan fingerprint density at radius 3 is 2.00 bits per heavy atom. The van der Waals surface area contributed by atoms with Crippen LogP contribution in [0.15, 0.2) is 29.2 Å². The summed E-state index contributed by atoms with van der Waals surface area (Å²) in [4.78, 5) is 24.3. The number of amides is 1. The van der Waals surface area contributed by atoms with Gasteiger partial charge in [-0.15, -0.1) is 0 Å². The first-order valence-corrected chi connectivity index (χ1v) is 12.2. The van der Waals surface area contributed by atoms with Crippen LogP contribution in [0.3, 0.4) is 0 Å². The Hall–Kier alpha value is -1.73. The fourth-order valence-electron chi connectivity index (χ4n) is 4.29. The molecule has 7 heteroatoms. The molecule has 1 saturated heterocycles. The van der Waals surface area contributed by atoms with Gasteiger partial charge in [0.15, 0.2) is 5.78 Å². The predicted octanol–water partition coefficient (Wildman–Crippen LogP) is 3.52. The van der Waals surface area contributed by atoms with E-state index in [2.05, 4.69) is 5.32 Å². The van der Waals surface area contributed by atoms with E-state index in [0.717, 1.165) is 12.8 Å². The van der Waals surface area contributed by atoms with Gasteiger partial charge in [-0.05, 0) is 44.7 Å². The van der Waals surface area contributed by atoms with Crippen molar-refractivity contribution in [3.8, 4) is 0 Å². The second-order valence-electron chi connectivity index (χ2n) is 8.31.